The Labute approximate surface area is 97.4 Å². The summed E-state index contributed by atoms with van der Waals surface area (Å²) in [4.78, 5) is 6.98. The molecule has 0 spiro atoms. The number of nitrogens with zero attached hydrogens (tertiary/aromatic N) is 3. The number of imidazole rings is 1. The number of hydrogen-bond donors (Lipinski definition) is 1. The van der Waals surface area contributed by atoms with Crippen molar-refractivity contribution in [2.24, 2.45) is 11.7 Å². The third-order valence-corrected chi connectivity index (χ3v) is 3.47. The summed E-state index contributed by atoms with van der Waals surface area (Å²) in [6, 6.07) is 0.349. The van der Waals surface area contributed by atoms with E-state index in [9.17, 15) is 0 Å². The molecule has 2 unspecified atom stereocenters. The Kier molecular flexibility index (Phi) is 3.19. The van der Waals surface area contributed by atoms with E-state index in [1.807, 2.05) is 0 Å². The topological polar surface area (TPSA) is 47.1 Å². The van der Waals surface area contributed by atoms with Gasteiger partial charge in [0.2, 0.25) is 5.95 Å². The van der Waals surface area contributed by atoms with Crippen molar-refractivity contribution in [3.05, 3.63) is 11.9 Å². The summed E-state index contributed by atoms with van der Waals surface area (Å²) in [6.45, 7) is 9.47. The van der Waals surface area contributed by atoms with Gasteiger partial charge in [0.25, 0.3) is 0 Å². The molecule has 1 aromatic heterocycles. The minimum Gasteiger partial charge on any atom is -0.342 e. The highest BCUT2D eigenvalue weighted by Gasteiger charge is 2.25. The number of aromatic nitrogens is 2. The van der Waals surface area contributed by atoms with E-state index in [0.717, 1.165) is 37.7 Å². The van der Waals surface area contributed by atoms with Crippen molar-refractivity contribution in [3.8, 4) is 0 Å². The lowest BCUT2D eigenvalue weighted by atomic mass is 9.95. The van der Waals surface area contributed by atoms with Crippen LogP contribution < -0.4 is 10.6 Å². The Balaban J connectivity index is 2.17. The Morgan fingerprint density at radius 2 is 2.31 bits per heavy atom. The molecule has 1 aliphatic rings. The number of aryl methyl sites for hydroxylation is 2. The number of rotatable bonds is 2. The maximum absolute atomic E-state index is 6.04. The minimum absolute atomic E-state index is 0.349. The van der Waals surface area contributed by atoms with Gasteiger partial charge >= 0.3 is 0 Å². The van der Waals surface area contributed by atoms with E-state index in [0.29, 0.717) is 12.0 Å². The van der Waals surface area contributed by atoms with Gasteiger partial charge < -0.3 is 15.2 Å². The lowest BCUT2D eigenvalue weighted by molar-refractivity contribution is 0.377. The second-order valence-electron chi connectivity index (χ2n) is 4.84. The van der Waals surface area contributed by atoms with E-state index in [-0.39, 0.29) is 0 Å². The molecule has 0 amide bonds. The molecule has 0 aliphatic carbocycles. The molecule has 0 saturated carbocycles. The third-order valence-electron chi connectivity index (χ3n) is 3.47. The van der Waals surface area contributed by atoms with Gasteiger partial charge in [-0.2, -0.15) is 0 Å². The van der Waals surface area contributed by atoms with Gasteiger partial charge in [-0.05, 0) is 26.2 Å². The van der Waals surface area contributed by atoms with Crippen molar-refractivity contribution in [1.29, 1.82) is 0 Å². The van der Waals surface area contributed by atoms with E-state index in [1.54, 1.807) is 0 Å². The Morgan fingerprint density at radius 3 is 2.94 bits per heavy atom. The zero-order chi connectivity index (χ0) is 11.7. The molecule has 4 heteroatoms. The fourth-order valence-electron chi connectivity index (χ4n) is 2.36. The van der Waals surface area contributed by atoms with Crippen molar-refractivity contribution in [3.63, 3.8) is 0 Å². The highest BCUT2D eigenvalue weighted by Crippen LogP contribution is 2.22. The standard InChI is InChI=1S/C12H22N4/c1-4-15-8-10(3)14-12(15)16-6-5-11(13)9(2)7-16/h8-9,11H,4-7,13H2,1-3H3. The molecule has 1 saturated heterocycles. The molecule has 1 fully saturated rings. The molecule has 0 bridgehead atoms. The molecule has 90 valence electrons. The van der Waals surface area contributed by atoms with Gasteiger partial charge in [0.1, 0.15) is 0 Å². The first kappa shape index (κ1) is 11.5. The number of hydrogen-bond acceptors (Lipinski definition) is 3. The van der Waals surface area contributed by atoms with Crippen LogP contribution in [0.4, 0.5) is 5.95 Å². The molecule has 2 rings (SSSR count). The van der Waals surface area contributed by atoms with Crippen LogP contribution in [0.1, 0.15) is 26.0 Å². The lowest BCUT2D eigenvalue weighted by Gasteiger charge is -2.35. The summed E-state index contributed by atoms with van der Waals surface area (Å²) in [5, 5.41) is 0. The van der Waals surface area contributed by atoms with Crippen molar-refractivity contribution in [2.75, 3.05) is 18.0 Å². The number of anilines is 1. The summed E-state index contributed by atoms with van der Waals surface area (Å²) >= 11 is 0. The Bertz CT molecular complexity index is 358. The van der Waals surface area contributed by atoms with Crippen LogP contribution in [0, 0.1) is 12.8 Å². The van der Waals surface area contributed by atoms with Gasteiger partial charge in [-0.25, -0.2) is 4.98 Å². The summed E-state index contributed by atoms with van der Waals surface area (Å²) in [6.07, 6.45) is 3.19. The van der Waals surface area contributed by atoms with E-state index in [2.05, 4.69) is 41.4 Å². The minimum atomic E-state index is 0.349. The molecular formula is C12H22N4. The quantitative estimate of drug-likeness (QED) is 0.822. The highest BCUT2D eigenvalue weighted by atomic mass is 15.3. The van der Waals surface area contributed by atoms with Gasteiger partial charge in [0.15, 0.2) is 0 Å². The van der Waals surface area contributed by atoms with Crippen LogP contribution in [0.3, 0.4) is 0 Å². The Hall–Kier alpha value is -1.03. The zero-order valence-corrected chi connectivity index (χ0v) is 10.5. The molecule has 2 atom stereocenters. The smallest absolute Gasteiger partial charge is 0.205 e. The van der Waals surface area contributed by atoms with Crippen LogP contribution >= 0.6 is 0 Å². The van der Waals surface area contributed by atoms with Crippen molar-refractivity contribution >= 4 is 5.95 Å². The van der Waals surface area contributed by atoms with E-state index in [4.69, 9.17) is 5.73 Å². The number of nitrogens with two attached hydrogens (primary N) is 1. The van der Waals surface area contributed by atoms with Crippen LogP contribution in [-0.4, -0.2) is 28.7 Å². The monoisotopic (exact) mass is 222 g/mol. The first-order valence-electron chi connectivity index (χ1n) is 6.16. The molecule has 1 aromatic rings. The first-order valence-corrected chi connectivity index (χ1v) is 6.16. The van der Waals surface area contributed by atoms with Crippen LogP contribution in [0.25, 0.3) is 0 Å². The van der Waals surface area contributed by atoms with Crippen LogP contribution in [0.15, 0.2) is 6.20 Å². The van der Waals surface area contributed by atoms with E-state index < -0.39 is 0 Å². The van der Waals surface area contributed by atoms with Crippen LogP contribution in [0.2, 0.25) is 0 Å². The van der Waals surface area contributed by atoms with Crippen LogP contribution in [0.5, 0.6) is 0 Å². The maximum Gasteiger partial charge on any atom is 0.205 e. The average molecular weight is 222 g/mol. The van der Waals surface area contributed by atoms with Crippen molar-refractivity contribution in [1.82, 2.24) is 9.55 Å². The van der Waals surface area contributed by atoms with Gasteiger partial charge in [0, 0.05) is 31.9 Å². The zero-order valence-electron chi connectivity index (χ0n) is 10.5. The van der Waals surface area contributed by atoms with Gasteiger partial charge in [-0.15, -0.1) is 0 Å². The van der Waals surface area contributed by atoms with Gasteiger partial charge in [0.05, 0.1) is 5.69 Å². The predicted octanol–water partition coefficient (Wildman–Crippen LogP) is 1.38. The molecular weight excluding hydrogens is 200 g/mol. The second kappa shape index (κ2) is 4.45. The second-order valence-corrected chi connectivity index (χ2v) is 4.84. The summed E-state index contributed by atoms with van der Waals surface area (Å²) in [7, 11) is 0. The van der Waals surface area contributed by atoms with E-state index in [1.165, 1.54) is 0 Å². The molecule has 0 radical (unpaired) electrons. The molecule has 0 aromatic carbocycles. The number of piperidine rings is 1. The largest absolute Gasteiger partial charge is 0.342 e. The van der Waals surface area contributed by atoms with Crippen LogP contribution in [-0.2, 0) is 6.54 Å². The highest BCUT2D eigenvalue weighted by molar-refractivity contribution is 5.34. The molecule has 4 nitrogen and oxygen atoms in total. The van der Waals surface area contributed by atoms with Gasteiger partial charge in [-0.1, -0.05) is 6.92 Å². The lowest BCUT2D eigenvalue weighted by Crippen LogP contribution is -2.46. The van der Waals surface area contributed by atoms with Gasteiger partial charge in [-0.3, -0.25) is 0 Å². The summed E-state index contributed by atoms with van der Waals surface area (Å²) in [5.41, 5.74) is 7.14. The SMILES string of the molecule is CCn1cc(C)nc1N1CCC(N)C(C)C1. The van der Waals surface area contributed by atoms with Crippen molar-refractivity contribution < 1.29 is 0 Å². The normalized spacial score (nSPS) is 26.1. The van der Waals surface area contributed by atoms with Crippen molar-refractivity contribution in [2.45, 2.75) is 39.8 Å². The fraction of sp³-hybridized carbons (Fsp3) is 0.750. The average Bonchev–Trinajstić information content (AvgIpc) is 2.63. The predicted molar refractivity (Wildman–Crippen MR) is 66.6 cm³/mol. The fourth-order valence-corrected chi connectivity index (χ4v) is 2.36. The molecule has 1 aliphatic heterocycles. The summed E-state index contributed by atoms with van der Waals surface area (Å²) < 4.78 is 2.22. The molecule has 16 heavy (non-hydrogen) atoms. The van der Waals surface area contributed by atoms with E-state index >= 15 is 0 Å². The summed E-state index contributed by atoms with van der Waals surface area (Å²) in [5.74, 6) is 1.66. The maximum atomic E-state index is 6.04. The molecule has 2 heterocycles. The first-order chi connectivity index (χ1) is 7.61. The molecule has 2 N–H and O–H groups in total. The third kappa shape index (κ3) is 2.07. The Morgan fingerprint density at radius 1 is 1.56 bits per heavy atom.